The summed E-state index contributed by atoms with van der Waals surface area (Å²) in [6.45, 7) is 10.7. The van der Waals surface area contributed by atoms with E-state index < -0.39 is 41.4 Å². The van der Waals surface area contributed by atoms with Gasteiger partial charge >= 0.3 is 18.2 Å². The van der Waals surface area contributed by atoms with Gasteiger partial charge in [0.1, 0.15) is 23.3 Å². The number of amides is 3. The molecule has 31 heavy (non-hydrogen) atoms. The molecule has 0 saturated carbocycles. The van der Waals surface area contributed by atoms with E-state index in [4.69, 9.17) is 9.47 Å². The standard InChI is InChI=1S/C20H35N3O7S/c1-19(2,3)29-17(27)22-13(16(25)26)9-7-8-10-21-15(24)14-11-31-12-23(14)18(28)30-20(4,5)6/h13-14H,7-12H2,1-6H3,(H,21,24)(H,22,27)(H,25,26)/t13-,14-/m0/s1. The van der Waals surface area contributed by atoms with Crippen LogP contribution in [-0.2, 0) is 19.1 Å². The van der Waals surface area contributed by atoms with E-state index in [2.05, 4.69) is 10.6 Å². The third-order valence-electron chi connectivity index (χ3n) is 4.02. The monoisotopic (exact) mass is 461 g/mol. The zero-order valence-corrected chi connectivity index (χ0v) is 20.0. The summed E-state index contributed by atoms with van der Waals surface area (Å²) >= 11 is 1.48. The number of aliphatic carboxylic acids is 1. The Balaban J connectivity index is 2.40. The van der Waals surface area contributed by atoms with Crippen molar-refractivity contribution in [2.24, 2.45) is 0 Å². The number of carbonyl (C=O) groups is 4. The van der Waals surface area contributed by atoms with Crippen molar-refractivity contribution in [2.45, 2.75) is 84.1 Å². The Bertz CT molecular complexity index is 658. The number of carboxylic acids is 1. The number of hydrogen-bond donors (Lipinski definition) is 3. The number of rotatable bonds is 8. The van der Waals surface area contributed by atoms with E-state index in [1.807, 2.05) is 0 Å². The average Bonchev–Trinajstić information content (AvgIpc) is 3.07. The highest BCUT2D eigenvalue weighted by Gasteiger charge is 2.37. The predicted octanol–water partition coefficient (Wildman–Crippen LogP) is 2.56. The first-order valence-corrected chi connectivity index (χ1v) is 11.4. The second kappa shape index (κ2) is 11.4. The molecule has 0 aromatic carbocycles. The molecule has 11 heteroatoms. The summed E-state index contributed by atoms with van der Waals surface area (Å²) in [5.74, 6) is -0.529. The molecule has 1 aliphatic rings. The fourth-order valence-electron chi connectivity index (χ4n) is 2.67. The molecule has 1 aliphatic heterocycles. The first-order chi connectivity index (χ1) is 14.2. The van der Waals surface area contributed by atoms with Crippen LogP contribution in [0.2, 0.25) is 0 Å². The molecule has 0 spiro atoms. The number of nitrogens with zero attached hydrogens (tertiary/aromatic N) is 1. The summed E-state index contributed by atoms with van der Waals surface area (Å²) in [5, 5.41) is 14.4. The lowest BCUT2D eigenvalue weighted by Gasteiger charge is -2.27. The van der Waals surface area contributed by atoms with Crippen LogP contribution in [0.5, 0.6) is 0 Å². The van der Waals surface area contributed by atoms with Crippen LogP contribution in [0.3, 0.4) is 0 Å². The van der Waals surface area contributed by atoms with Crippen LogP contribution in [0.1, 0.15) is 60.8 Å². The molecule has 0 bridgehead atoms. The molecule has 3 amide bonds. The van der Waals surface area contributed by atoms with Gasteiger partial charge in [-0.15, -0.1) is 11.8 Å². The number of nitrogens with one attached hydrogen (secondary N) is 2. The minimum Gasteiger partial charge on any atom is -0.480 e. The van der Waals surface area contributed by atoms with Crippen molar-refractivity contribution in [3.63, 3.8) is 0 Å². The van der Waals surface area contributed by atoms with Crippen LogP contribution in [0, 0.1) is 0 Å². The lowest BCUT2D eigenvalue weighted by molar-refractivity contribution is -0.139. The molecule has 3 N–H and O–H groups in total. The summed E-state index contributed by atoms with van der Waals surface area (Å²) in [4.78, 5) is 49.3. The van der Waals surface area contributed by atoms with Gasteiger partial charge in [-0.1, -0.05) is 0 Å². The van der Waals surface area contributed by atoms with Gasteiger partial charge in [0.05, 0.1) is 5.88 Å². The maximum atomic E-state index is 12.5. The lowest BCUT2D eigenvalue weighted by Crippen LogP contribution is -2.48. The van der Waals surface area contributed by atoms with Crippen molar-refractivity contribution in [3.05, 3.63) is 0 Å². The summed E-state index contributed by atoms with van der Waals surface area (Å²) in [7, 11) is 0. The minimum absolute atomic E-state index is 0.202. The molecule has 2 atom stereocenters. The Morgan fingerprint density at radius 1 is 1.06 bits per heavy atom. The summed E-state index contributed by atoms with van der Waals surface area (Å²) in [6, 6.07) is -1.67. The van der Waals surface area contributed by atoms with Crippen LogP contribution >= 0.6 is 11.8 Å². The predicted molar refractivity (Wildman–Crippen MR) is 117 cm³/mol. The fraction of sp³-hybridized carbons (Fsp3) is 0.800. The number of hydrogen-bond acceptors (Lipinski definition) is 7. The van der Waals surface area contributed by atoms with Gasteiger partial charge in [0, 0.05) is 12.3 Å². The van der Waals surface area contributed by atoms with E-state index in [9.17, 15) is 24.3 Å². The second-order valence-corrected chi connectivity index (χ2v) is 10.3. The van der Waals surface area contributed by atoms with Gasteiger partial charge in [0.2, 0.25) is 5.91 Å². The van der Waals surface area contributed by atoms with Crippen molar-refractivity contribution in [2.75, 3.05) is 18.2 Å². The van der Waals surface area contributed by atoms with E-state index in [0.29, 0.717) is 31.0 Å². The first kappa shape index (κ1) is 26.9. The average molecular weight is 462 g/mol. The largest absolute Gasteiger partial charge is 0.480 e. The molecule has 1 saturated heterocycles. The van der Waals surface area contributed by atoms with Gasteiger partial charge in [-0.05, 0) is 60.8 Å². The van der Waals surface area contributed by atoms with Crippen molar-refractivity contribution < 1.29 is 33.8 Å². The van der Waals surface area contributed by atoms with E-state index in [1.54, 1.807) is 41.5 Å². The normalized spacial score (nSPS) is 17.6. The molecule has 0 radical (unpaired) electrons. The number of alkyl carbamates (subject to hydrolysis) is 1. The zero-order valence-electron chi connectivity index (χ0n) is 19.1. The van der Waals surface area contributed by atoms with Crippen LogP contribution in [0.15, 0.2) is 0 Å². The van der Waals surface area contributed by atoms with Crippen LogP contribution < -0.4 is 10.6 Å². The number of ether oxygens (including phenoxy) is 2. The van der Waals surface area contributed by atoms with E-state index in [1.165, 1.54) is 16.7 Å². The summed E-state index contributed by atoms with van der Waals surface area (Å²) in [6.07, 6.45) is -0.0993. The molecule has 1 heterocycles. The van der Waals surface area contributed by atoms with Crippen LogP contribution in [-0.4, -0.2) is 75.5 Å². The van der Waals surface area contributed by atoms with Gasteiger partial charge in [0.15, 0.2) is 0 Å². The highest BCUT2D eigenvalue weighted by Crippen LogP contribution is 2.23. The maximum absolute atomic E-state index is 12.5. The van der Waals surface area contributed by atoms with Crippen LogP contribution in [0.4, 0.5) is 9.59 Å². The molecule has 0 aliphatic carbocycles. The smallest absolute Gasteiger partial charge is 0.411 e. The van der Waals surface area contributed by atoms with Gasteiger partial charge in [-0.2, -0.15) is 0 Å². The van der Waals surface area contributed by atoms with Crippen molar-refractivity contribution in [1.29, 1.82) is 0 Å². The van der Waals surface area contributed by atoms with Crippen LogP contribution in [0.25, 0.3) is 0 Å². The molecule has 0 unspecified atom stereocenters. The molecule has 1 rings (SSSR count). The number of thioether (sulfide) groups is 1. The van der Waals surface area contributed by atoms with Gasteiger partial charge in [-0.25, -0.2) is 14.4 Å². The van der Waals surface area contributed by atoms with Crippen molar-refractivity contribution >= 4 is 35.8 Å². The molecule has 0 aromatic heterocycles. The SMILES string of the molecule is CC(C)(C)OC(=O)N[C@@H](CCCCNC(=O)[C@@H]1CSCN1C(=O)OC(C)(C)C)C(=O)O. The second-order valence-electron chi connectivity index (χ2n) is 9.29. The molecule has 1 fully saturated rings. The third-order valence-corrected chi connectivity index (χ3v) is 5.03. The minimum atomic E-state index is -1.15. The Kier molecular flexibility index (Phi) is 9.92. The molecular formula is C20H35N3O7S. The van der Waals surface area contributed by atoms with Crippen molar-refractivity contribution in [3.8, 4) is 0 Å². The highest BCUT2D eigenvalue weighted by atomic mass is 32.2. The van der Waals surface area contributed by atoms with Gasteiger partial charge in [0.25, 0.3) is 0 Å². The summed E-state index contributed by atoms with van der Waals surface area (Å²) < 4.78 is 10.4. The number of unbranched alkanes of at least 4 members (excludes halogenated alkanes) is 1. The number of carbonyl (C=O) groups excluding carboxylic acids is 3. The Labute approximate surface area is 187 Å². The molecule has 10 nitrogen and oxygen atoms in total. The maximum Gasteiger partial charge on any atom is 0.411 e. The quantitative estimate of drug-likeness (QED) is 0.470. The highest BCUT2D eigenvalue weighted by molar-refractivity contribution is 7.99. The third kappa shape index (κ3) is 10.6. The van der Waals surface area contributed by atoms with Gasteiger partial charge < -0.3 is 25.2 Å². The van der Waals surface area contributed by atoms with Gasteiger partial charge in [-0.3, -0.25) is 9.69 Å². The molecule has 178 valence electrons. The fourth-order valence-corrected chi connectivity index (χ4v) is 3.81. The number of carboxylic acid groups (broad SMARTS) is 1. The lowest BCUT2D eigenvalue weighted by atomic mass is 10.1. The Morgan fingerprint density at radius 3 is 2.23 bits per heavy atom. The topological polar surface area (TPSA) is 134 Å². The summed E-state index contributed by atoms with van der Waals surface area (Å²) in [5.41, 5.74) is -1.36. The van der Waals surface area contributed by atoms with E-state index in [-0.39, 0.29) is 12.3 Å². The molecule has 0 aromatic rings. The Morgan fingerprint density at radius 2 is 1.68 bits per heavy atom. The van der Waals surface area contributed by atoms with E-state index in [0.717, 1.165) is 0 Å². The zero-order chi connectivity index (χ0) is 23.8. The first-order valence-electron chi connectivity index (χ1n) is 10.3. The molecular weight excluding hydrogens is 426 g/mol. The van der Waals surface area contributed by atoms with Crippen molar-refractivity contribution in [1.82, 2.24) is 15.5 Å². The Hall–Kier alpha value is -2.17. The van der Waals surface area contributed by atoms with E-state index >= 15 is 0 Å².